The van der Waals surface area contributed by atoms with Crippen molar-refractivity contribution in [3.05, 3.63) is 64.9 Å². The number of hydrogen-bond donors (Lipinski definition) is 0. The average molecular weight is 733 g/mol. The van der Waals surface area contributed by atoms with Gasteiger partial charge < -0.3 is 18.7 Å². The maximum Gasteiger partial charge on any atom is 0 e. The number of carbonyl (C=O) groups is 3. The predicted molar refractivity (Wildman–Crippen MR) is 144 cm³/mol. The van der Waals surface area contributed by atoms with Crippen molar-refractivity contribution >= 4 is 26.4 Å². The number of epoxide rings is 1. The van der Waals surface area contributed by atoms with Crippen molar-refractivity contribution in [2.75, 3.05) is 6.61 Å². The Balaban J connectivity index is -0.000000184. The first kappa shape index (κ1) is 58.3. The van der Waals surface area contributed by atoms with Crippen LogP contribution in [0.1, 0.15) is 48.0 Å². The van der Waals surface area contributed by atoms with Crippen molar-refractivity contribution in [2.24, 2.45) is 5.41 Å². The molecule has 1 aliphatic heterocycles. The molecule has 15 heteroatoms. The van der Waals surface area contributed by atoms with Crippen molar-refractivity contribution in [3.63, 3.8) is 0 Å². The first-order valence-corrected chi connectivity index (χ1v) is 14.6. The fraction of sp³-hybridized carbons (Fsp3) is 0.500. The molecule has 1 heterocycles. The van der Waals surface area contributed by atoms with E-state index in [1.54, 1.807) is 33.3 Å². The van der Waals surface area contributed by atoms with Crippen molar-refractivity contribution in [3.8, 4) is 11.8 Å². The summed E-state index contributed by atoms with van der Waals surface area (Å²) in [6.07, 6.45) is 6.45. The first-order valence-electron chi connectivity index (χ1n) is 11.7. The van der Waals surface area contributed by atoms with Gasteiger partial charge in [0.25, 0.3) is 0 Å². The molecule has 0 N–H and O–H groups in total. The molecule has 0 bridgehead atoms. The Morgan fingerprint density at radius 3 is 1.73 bits per heavy atom. The molecule has 1 saturated heterocycles. The van der Waals surface area contributed by atoms with E-state index in [4.69, 9.17) is 41.8 Å². The molecule has 45 heavy (non-hydrogen) atoms. The van der Waals surface area contributed by atoms with E-state index in [1.165, 1.54) is 12.5 Å². The van der Waals surface area contributed by atoms with Crippen molar-refractivity contribution < 1.29 is 89.8 Å². The van der Waals surface area contributed by atoms with Crippen molar-refractivity contribution in [1.82, 2.24) is 0 Å². The van der Waals surface area contributed by atoms with Crippen LogP contribution in [-0.4, -0.2) is 50.3 Å². The molecule has 0 spiro atoms. The van der Waals surface area contributed by atoms with Gasteiger partial charge in [-0.05, 0) is 51.1 Å². The van der Waals surface area contributed by atoms with Gasteiger partial charge in [-0.2, -0.15) is 0 Å². The van der Waals surface area contributed by atoms with E-state index in [1.807, 2.05) is 0 Å². The second-order valence-corrected chi connectivity index (χ2v) is 15.5. The molecule has 1 aliphatic carbocycles. The Hall–Kier alpha value is -2.30. The second kappa shape index (κ2) is 29.1. The Morgan fingerprint density at radius 2 is 1.40 bits per heavy atom. The summed E-state index contributed by atoms with van der Waals surface area (Å²) in [4.78, 5) is 35.1. The molecule has 0 amide bonds. The van der Waals surface area contributed by atoms with Crippen LogP contribution in [-0.2, 0) is 89.8 Å². The summed E-state index contributed by atoms with van der Waals surface area (Å²) in [5.41, 5.74) is -2.76. The number of hydrogen-bond acceptors (Lipinski definition) is 6. The minimum atomic E-state index is -2.24. The fourth-order valence-corrected chi connectivity index (χ4v) is 4.19. The van der Waals surface area contributed by atoms with Crippen LogP contribution >= 0.6 is 0 Å². The largest absolute Gasteiger partial charge is 0 e. The molecule has 3 atom stereocenters. The van der Waals surface area contributed by atoms with E-state index < -0.39 is 31.0 Å². The second-order valence-electron chi connectivity index (χ2n) is 10.8. The van der Waals surface area contributed by atoms with Gasteiger partial charge in [-0.15, -0.1) is 0 Å². The fourth-order valence-electron chi connectivity index (χ4n) is 2.78. The smallest absolute Gasteiger partial charge is 0 e. The number of ketones is 1. The summed E-state index contributed by atoms with van der Waals surface area (Å²) >= 11 is 0. The quantitative estimate of drug-likeness (QED) is 0.0730. The monoisotopic (exact) mass is 732 g/mol. The summed E-state index contributed by atoms with van der Waals surface area (Å²) in [6, 6.07) is 0. The number of ether oxygens (including phenoxy) is 2. The predicted octanol–water partition coefficient (Wildman–Crippen LogP) is 3.38. The Kier molecular flexibility index (Phi) is 37.7. The van der Waals surface area contributed by atoms with Crippen molar-refractivity contribution in [2.45, 2.75) is 83.4 Å². The van der Waals surface area contributed by atoms with Gasteiger partial charge in [-0.25, -0.2) is 0 Å². The van der Waals surface area contributed by atoms with Gasteiger partial charge in [0, 0.05) is 46.4 Å². The van der Waals surface area contributed by atoms with Crippen LogP contribution in [0, 0.1) is 70.0 Å². The van der Waals surface area contributed by atoms with Gasteiger partial charge in [-0.3, -0.25) is 9.59 Å². The third-order valence-corrected chi connectivity index (χ3v) is 10.3. The zero-order chi connectivity index (χ0) is 35.7. The van der Waals surface area contributed by atoms with E-state index >= 15 is 0 Å². The van der Waals surface area contributed by atoms with Gasteiger partial charge in [0.2, 0.25) is 0 Å². The number of allylic oxidation sites excluding steroid dienone is 1. The summed E-state index contributed by atoms with van der Waals surface area (Å²) in [7, 11) is -2.24. The van der Waals surface area contributed by atoms with E-state index in [0.717, 1.165) is 0 Å². The van der Waals surface area contributed by atoms with Crippen LogP contribution in [0.3, 0.4) is 0 Å². The molecule has 0 aromatic rings. The van der Waals surface area contributed by atoms with Crippen LogP contribution < -0.4 is 0 Å². The summed E-state index contributed by atoms with van der Waals surface area (Å²) in [5, 5.41) is -0.0631. The van der Waals surface area contributed by atoms with Crippen LogP contribution in [0.4, 0.5) is 0 Å². The van der Waals surface area contributed by atoms with E-state index in [2.05, 4.69) is 85.6 Å². The number of esters is 1. The maximum atomic E-state index is 12.2. The van der Waals surface area contributed by atoms with Crippen LogP contribution in [0.5, 0.6) is 0 Å². The Labute approximate surface area is 287 Å². The molecule has 2 aliphatic rings. The zero-order valence-corrected chi connectivity index (χ0v) is 29.0. The Bertz CT molecular complexity index is 1050. The molecular formula is C30H34Co2O12Si. The minimum Gasteiger partial charge on any atom is 0 e. The van der Waals surface area contributed by atoms with Gasteiger partial charge in [0.15, 0.2) is 19.7 Å². The van der Waals surface area contributed by atoms with Crippen molar-refractivity contribution in [1.29, 1.82) is 0 Å². The summed E-state index contributed by atoms with van der Waals surface area (Å²) in [6.45, 7) is 42.8. The third kappa shape index (κ3) is 21.2. The molecule has 1 fully saturated rings. The SMILES string of the molecule is CC(C)(C)C(=O)OC[C@@]1(C#CC2(O[Si](C)(C)C(C)(C)C)C=CC(=O)C2)O[C@@H]1[CH][CH]C=O.[C-]#[O+].[C-]#[O+].[C-]#[O+].[C-]#[O+].[C-]#[O+].[C-]#[O+].[Co].[Co]. The zero-order valence-electron chi connectivity index (χ0n) is 25.9. The summed E-state index contributed by atoms with van der Waals surface area (Å²) in [5.74, 6) is 5.82. The molecule has 1 unspecified atom stereocenters. The van der Waals surface area contributed by atoms with Gasteiger partial charge in [-0.1, -0.05) is 32.6 Å². The summed E-state index contributed by atoms with van der Waals surface area (Å²) < 4.78 is 62.8. The Morgan fingerprint density at radius 1 is 0.956 bits per heavy atom. The molecular weight excluding hydrogens is 698 g/mol. The third-order valence-electron chi connectivity index (χ3n) is 5.84. The van der Waals surface area contributed by atoms with E-state index in [0.29, 0.717) is 6.29 Å². The molecule has 0 aromatic carbocycles. The van der Waals surface area contributed by atoms with E-state index in [-0.39, 0.29) is 63.4 Å². The maximum absolute atomic E-state index is 12.2. The standard InChI is InChI=1S/C24H34O6Si.6CO.2Co/c1-21(2,3)20(27)28-17-24(19(29-24)10-9-15-25)14-13-23(12-11-18(26)16-23)30-31(7,8)22(4,5)6;6*1-2;;/h9-12,15,19H,16-17H2,1-8H3;;;;;;;;/t19-,23?,24-;;;;;;;;/m1......../s1. The van der Waals surface area contributed by atoms with Crippen LogP contribution in [0.25, 0.3) is 0 Å². The van der Waals surface area contributed by atoms with E-state index in [9.17, 15) is 14.4 Å². The molecule has 248 valence electrons. The van der Waals surface area contributed by atoms with Gasteiger partial charge in [0.05, 0.1) is 11.8 Å². The number of rotatable bonds is 7. The topological polar surface area (TPSA) is 202 Å². The minimum absolute atomic E-state index is 0. The molecule has 4 radical (unpaired) electrons. The van der Waals surface area contributed by atoms with Crippen LogP contribution in [0.15, 0.2) is 12.2 Å². The molecule has 0 aromatic heterocycles. The normalized spacial score (nSPS) is 19.6. The van der Waals surface area contributed by atoms with Crippen LogP contribution in [0.2, 0.25) is 18.1 Å². The number of carbonyl (C=O) groups excluding carboxylic acids is 3. The molecule has 2 rings (SSSR count). The van der Waals surface area contributed by atoms with Gasteiger partial charge >= 0.3 is 73.8 Å². The average Bonchev–Trinajstić information content (AvgIpc) is 3.57. The van der Waals surface area contributed by atoms with Gasteiger partial charge in [0.1, 0.15) is 24.6 Å². The molecule has 12 nitrogen and oxygen atoms in total. The first-order chi connectivity index (χ1) is 20.1. The molecule has 0 saturated carbocycles. The number of aldehydes is 1.